The minimum absolute atomic E-state index is 0.244. The first-order chi connectivity index (χ1) is 22.3. The van der Waals surface area contributed by atoms with Gasteiger partial charge in [-0.15, -0.1) is 0 Å². The van der Waals surface area contributed by atoms with E-state index in [0.717, 1.165) is 55.3 Å². The maximum Gasteiger partial charge on any atom is 0.346 e. The summed E-state index contributed by atoms with van der Waals surface area (Å²) < 4.78 is 21.6. The van der Waals surface area contributed by atoms with Crippen LogP contribution < -0.4 is 20.7 Å². The van der Waals surface area contributed by atoms with Gasteiger partial charge in [0.15, 0.2) is 0 Å². The van der Waals surface area contributed by atoms with Crippen molar-refractivity contribution in [1.82, 2.24) is 0 Å². The van der Waals surface area contributed by atoms with Crippen molar-refractivity contribution in [2.45, 2.75) is 27.7 Å². The van der Waals surface area contributed by atoms with Crippen molar-refractivity contribution in [3.05, 3.63) is 163 Å². The molecule has 232 valence electrons. The van der Waals surface area contributed by atoms with Crippen LogP contribution in [0.5, 0.6) is 11.9 Å². The lowest BCUT2D eigenvalue weighted by molar-refractivity contribution is 0.287. The Hall–Kier alpha value is -5.62. The number of benzene rings is 4. The first-order valence-electron chi connectivity index (χ1n) is 14.9. The van der Waals surface area contributed by atoms with Crippen LogP contribution in [0.1, 0.15) is 49.9 Å². The number of allylic oxidation sites excluding steroid dienone is 2. The molecule has 0 amide bonds. The van der Waals surface area contributed by atoms with Gasteiger partial charge >= 0.3 is 11.3 Å². The van der Waals surface area contributed by atoms with Gasteiger partial charge in [-0.3, -0.25) is 0 Å². The lowest BCUT2D eigenvalue weighted by atomic mass is 9.92. The zero-order valence-electron chi connectivity index (χ0n) is 26.8. The molecule has 6 nitrogen and oxygen atoms in total. The molecule has 0 aliphatic heterocycles. The van der Waals surface area contributed by atoms with Crippen LogP contribution in [0.25, 0.3) is 32.7 Å². The van der Waals surface area contributed by atoms with E-state index in [-0.39, 0.29) is 23.1 Å². The molecule has 0 radical (unpaired) electrons. The fourth-order valence-electron chi connectivity index (χ4n) is 5.70. The van der Waals surface area contributed by atoms with Crippen LogP contribution in [0.3, 0.4) is 0 Å². The van der Waals surface area contributed by atoms with Crippen LogP contribution in [0.4, 0.5) is 0 Å². The smallest absolute Gasteiger partial charge is 0.346 e. The summed E-state index contributed by atoms with van der Waals surface area (Å²) in [5, 5.41) is 2.78. The van der Waals surface area contributed by atoms with Crippen molar-refractivity contribution in [2.24, 2.45) is 0 Å². The third kappa shape index (κ3) is 6.28. The standard InChI is InChI=1S/2C20H18O3/c2*1-13(2)17(14-9-5-4-6-10-14)18-15-11-7-8-12-16(15)19(21)23-20(18)22-3/h2*4-12H,1-3H3. The molecule has 0 aliphatic rings. The first-order valence-corrected chi connectivity index (χ1v) is 14.9. The molecule has 0 N–H and O–H groups in total. The quantitative estimate of drug-likeness (QED) is 0.187. The van der Waals surface area contributed by atoms with Crippen LogP contribution in [0.2, 0.25) is 0 Å². The molecular weight excluding hydrogens is 576 g/mol. The van der Waals surface area contributed by atoms with Crippen LogP contribution in [0.15, 0.2) is 139 Å². The second-order valence-corrected chi connectivity index (χ2v) is 11.1. The van der Waals surface area contributed by atoms with Crippen molar-refractivity contribution in [3.8, 4) is 11.9 Å². The van der Waals surface area contributed by atoms with E-state index in [2.05, 4.69) is 0 Å². The second kappa shape index (κ2) is 14.0. The topological polar surface area (TPSA) is 78.9 Å². The molecule has 2 heterocycles. The molecule has 2 aromatic heterocycles. The molecule has 6 aromatic rings. The zero-order chi connectivity index (χ0) is 32.8. The van der Waals surface area contributed by atoms with Crippen LogP contribution in [-0.2, 0) is 0 Å². The highest BCUT2D eigenvalue weighted by atomic mass is 16.6. The molecule has 46 heavy (non-hydrogen) atoms. The highest BCUT2D eigenvalue weighted by Crippen LogP contribution is 2.38. The molecule has 0 aliphatic carbocycles. The van der Waals surface area contributed by atoms with E-state index >= 15 is 0 Å². The van der Waals surface area contributed by atoms with E-state index in [9.17, 15) is 9.59 Å². The average Bonchev–Trinajstić information content (AvgIpc) is 3.08. The van der Waals surface area contributed by atoms with E-state index in [1.807, 2.05) is 125 Å². The predicted molar refractivity (Wildman–Crippen MR) is 186 cm³/mol. The number of methoxy groups -OCH3 is 2. The van der Waals surface area contributed by atoms with Crippen LogP contribution in [-0.4, -0.2) is 14.2 Å². The Morgan fingerprint density at radius 1 is 0.457 bits per heavy atom. The lowest BCUT2D eigenvalue weighted by Gasteiger charge is -2.15. The number of hydrogen-bond donors (Lipinski definition) is 0. The Bertz CT molecular complexity index is 2020. The lowest BCUT2D eigenvalue weighted by Crippen LogP contribution is -2.06. The molecule has 0 fully saturated rings. The monoisotopic (exact) mass is 612 g/mol. The highest BCUT2D eigenvalue weighted by Gasteiger charge is 2.21. The second-order valence-electron chi connectivity index (χ2n) is 11.1. The molecule has 6 rings (SSSR count). The SMILES string of the molecule is COc1oc(=O)c2ccccc2c1C(=C(C)C)c1ccccc1.COc1oc(=O)c2ccccc2c1C(=C(C)C)c1ccccc1. The van der Waals surface area contributed by atoms with Gasteiger partial charge in [0.1, 0.15) is 0 Å². The van der Waals surface area contributed by atoms with E-state index in [4.69, 9.17) is 18.3 Å². The van der Waals surface area contributed by atoms with Gasteiger partial charge in [-0.25, -0.2) is 9.59 Å². The van der Waals surface area contributed by atoms with Gasteiger partial charge in [-0.1, -0.05) is 108 Å². The third-order valence-electron chi connectivity index (χ3n) is 7.61. The van der Waals surface area contributed by atoms with Crippen LogP contribution in [0, 0.1) is 0 Å². The molecule has 4 aromatic carbocycles. The first kappa shape index (κ1) is 31.8. The Labute approximate surface area is 267 Å². The molecule has 0 spiro atoms. The summed E-state index contributed by atoms with van der Waals surface area (Å²) in [5.74, 6) is 0.488. The Kier molecular flexibility index (Phi) is 9.67. The number of ether oxygens (including phenoxy) is 2. The Balaban J connectivity index is 0.000000181. The van der Waals surface area contributed by atoms with Crippen molar-refractivity contribution in [1.29, 1.82) is 0 Å². The van der Waals surface area contributed by atoms with Crippen LogP contribution >= 0.6 is 0 Å². The third-order valence-corrected chi connectivity index (χ3v) is 7.61. The van der Waals surface area contributed by atoms with Gasteiger partial charge in [0.05, 0.1) is 36.1 Å². The summed E-state index contributed by atoms with van der Waals surface area (Å²) in [5.41, 5.74) is 7.24. The molecule has 0 saturated heterocycles. The van der Waals surface area contributed by atoms with Gasteiger partial charge in [0.2, 0.25) is 0 Å². The van der Waals surface area contributed by atoms with E-state index in [0.29, 0.717) is 10.8 Å². The van der Waals surface area contributed by atoms with Gasteiger partial charge in [0, 0.05) is 10.8 Å². The number of rotatable bonds is 6. The summed E-state index contributed by atoms with van der Waals surface area (Å²) in [7, 11) is 3.04. The fraction of sp³-hybridized carbons (Fsp3) is 0.150. The van der Waals surface area contributed by atoms with Crippen molar-refractivity contribution >= 4 is 32.7 Å². The summed E-state index contributed by atoms with van der Waals surface area (Å²) >= 11 is 0. The van der Waals surface area contributed by atoms with E-state index in [1.165, 1.54) is 14.2 Å². The van der Waals surface area contributed by atoms with E-state index < -0.39 is 0 Å². The molecular formula is C40H36O6. The Morgan fingerprint density at radius 2 is 0.761 bits per heavy atom. The fourth-order valence-corrected chi connectivity index (χ4v) is 5.70. The normalized spacial score (nSPS) is 10.6. The molecule has 0 bridgehead atoms. The summed E-state index contributed by atoms with van der Waals surface area (Å²) in [6, 6.07) is 35.0. The largest absolute Gasteiger partial charge is 0.468 e. The van der Waals surface area contributed by atoms with Crippen molar-refractivity contribution < 1.29 is 18.3 Å². The summed E-state index contributed by atoms with van der Waals surface area (Å²) in [6.45, 7) is 8.17. The maximum absolute atomic E-state index is 12.2. The highest BCUT2D eigenvalue weighted by molar-refractivity contribution is 6.00. The summed E-state index contributed by atoms with van der Waals surface area (Å²) in [4.78, 5) is 24.4. The van der Waals surface area contributed by atoms with E-state index in [1.54, 1.807) is 12.1 Å². The average molecular weight is 613 g/mol. The molecule has 0 unspecified atom stereocenters. The number of hydrogen-bond acceptors (Lipinski definition) is 6. The number of fused-ring (bicyclic) bond motifs is 2. The molecule has 0 saturated carbocycles. The maximum atomic E-state index is 12.2. The van der Waals surface area contributed by atoms with Crippen molar-refractivity contribution in [3.63, 3.8) is 0 Å². The molecule has 0 atom stereocenters. The van der Waals surface area contributed by atoms with Crippen molar-refractivity contribution in [2.75, 3.05) is 14.2 Å². The van der Waals surface area contributed by atoms with Gasteiger partial charge in [-0.05, 0) is 62.1 Å². The Morgan fingerprint density at radius 3 is 1.07 bits per heavy atom. The minimum atomic E-state index is -0.387. The minimum Gasteiger partial charge on any atom is -0.468 e. The summed E-state index contributed by atoms with van der Waals surface area (Å²) in [6.07, 6.45) is 0. The van der Waals surface area contributed by atoms with Gasteiger partial charge < -0.3 is 18.3 Å². The van der Waals surface area contributed by atoms with Gasteiger partial charge in [-0.2, -0.15) is 0 Å². The van der Waals surface area contributed by atoms with Gasteiger partial charge in [0.25, 0.3) is 11.9 Å². The predicted octanol–water partition coefficient (Wildman–Crippen LogP) is 9.29. The zero-order valence-corrected chi connectivity index (χ0v) is 26.8. The molecule has 6 heteroatoms.